The number of carbonyl (C=O) groups is 2. The molecule has 1 unspecified atom stereocenters. The average molecular weight is 288 g/mol. The summed E-state index contributed by atoms with van der Waals surface area (Å²) >= 11 is 1.72. The van der Waals surface area contributed by atoms with Crippen LogP contribution in [0.4, 0.5) is 4.79 Å². The molecular weight excluding hydrogens is 264 g/mol. The van der Waals surface area contributed by atoms with Crippen molar-refractivity contribution in [3.05, 3.63) is 0 Å². The van der Waals surface area contributed by atoms with Gasteiger partial charge in [-0.15, -0.1) is 0 Å². The number of thioether (sulfide) groups is 1. The molecule has 1 aliphatic rings. The Balaban J connectivity index is 2.58. The molecule has 1 aliphatic heterocycles. The molecule has 0 radical (unpaired) electrons. The highest BCUT2D eigenvalue weighted by Gasteiger charge is 2.30. The Morgan fingerprint density at radius 1 is 1.47 bits per heavy atom. The van der Waals surface area contributed by atoms with Crippen LogP contribution in [0.25, 0.3) is 0 Å². The second kappa shape index (κ2) is 7.62. The SMILES string of the molecule is CC(C)CCN(C)C(=O)N1CCSCC1CC(=O)O. The third-order valence-electron chi connectivity index (χ3n) is 3.25. The van der Waals surface area contributed by atoms with E-state index >= 15 is 0 Å². The lowest BCUT2D eigenvalue weighted by Crippen LogP contribution is -2.51. The van der Waals surface area contributed by atoms with Crippen molar-refractivity contribution in [3.8, 4) is 0 Å². The molecule has 1 atom stereocenters. The number of hydrogen-bond acceptors (Lipinski definition) is 3. The first kappa shape index (κ1) is 16.1. The zero-order valence-corrected chi connectivity index (χ0v) is 12.8. The molecule has 0 aromatic carbocycles. The third-order valence-corrected chi connectivity index (χ3v) is 4.34. The number of nitrogens with zero attached hydrogens (tertiary/aromatic N) is 2. The van der Waals surface area contributed by atoms with Gasteiger partial charge in [0.1, 0.15) is 0 Å². The Morgan fingerprint density at radius 2 is 2.16 bits per heavy atom. The number of carboxylic acid groups (broad SMARTS) is 1. The quantitative estimate of drug-likeness (QED) is 0.840. The predicted molar refractivity (Wildman–Crippen MR) is 77.6 cm³/mol. The van der Waals surface area contributed by atoms with Crippen LogP contribution >= 0.6 is 11.8 Å². The summed E-state index contributed by atoms with van der Waals surface area (Å²) in [7, 11) is 1.80. The highest BCUT2D eigenvalue weighted by atomic mass is 32.2. The number of carbonyl (C=O) groups excluding carboxylic acids is 1. The lowest BCUT2D eigenvalue weighted by molar-refractivity contribution is -0.138. The van der Waals surface area contributed by atoms with Crippen molar-refractivity contribution in [2.45, 2.75) is 32.7 Å². The van der Waals surface area contributed by atoms with Gasteiger partial charge in [-0.2, -0.15) is 11.8 Å². The molecule has 0 bridgehead atoms. The molecule has 0 saturated carbocycles. The Labute approximate surface area is 119 Å². The monoisotopic (exact) mass is 288 g/mol. The first-order valence-corrected chi connectivity index (χ1v) is 7.88. The van der Waals surface area contributed by atoms with Crippen LogP contribution in [0.2, 0.25) is 0 Å². The fraction of sp³-hybridized carbons (Fsp3) is 0.846. The van der Waals surface area contributed by atoms with E-state index in [4.69, 9.17) is 5.11 Å². The molecule has 0 aliphatic carbocycles. The third kappa shape index (κ3) is 5.30. The van der Waals surface area contributed by atoms with E-state index in [1.807, 2.05) is 0 Å². The van der Waals surface area contributed by atoms with Crippen LogP contribution in [0.5, 0.6) is 0 Å². The number of urea groups is 1. The summed E-state index contributed by atoms with van der Waals surface area (Å²) in [4.78, 5) is 26.7. The maximum atomic E-state index is 12.4. The molecule has 1 saturated heterocycles. The van der Waals surface area contributed by atoms with E-state index in [1.54, 1.807) is 28.6 Å². The smallest absolute Gasteiger partial charge is 0.320 e. The summed E-state index contributed by atoms with van der Waals surface area (Å²) in [5.74, 6) is 1.33. The van der Waals surface area contributed by atoms with Gasteiger partial charge in [0.2, 0.25) is 0 Å². The fourth-order valence-corrected chi connectivity index (χ4v) is 3.11. The number of rotatable bonds is 5. The van der Waals surface area contributed by atoms with Gasteiger partial charge in [0.15, 0.2) is 0 Å². The molecule has 0 aromatic rings. The molecule has 2 amide bonds. The van der Waals surface area contributed by atoms with Crippen LogP contribution in [-0.2, 0) is 4.79 Å². The maximum absolute atomic E-state index is 12.4. The normalized spacial score (nSPS) is 19.6. The van der Waals surface area contributed by atoms with Gasteiger partial charge >= 0.3 is 12.0 Å². The van der Waals surface area contributed by atoms with E-state index in [2.05, 4.69) is 13.8 Å². The standard InChI is InChI=1S/C13H24N2O3S/c1-10(2)4-5-14(3)13(18)15-6-7-19-9-11(15)8-12(16)17/h10-11H,4-9H2,1-3H3,(H,16,17). The van der Waals surface area contributed by atoms with Crippen LogP contribution in [-0.4, -0.2) is 64.6 Å². The van der Waals surface area contributed by atoms with Gasteiger partial charge in [-0.3, -0.25) is 4.79 Å². The van der Waals surface area contributed by atoms with Crippen molar-refractivity contribution >= 4 is 23.8 Å². The molecule has 5 nitrogen and oxygen atoms in total. The van der Waals surface area contributed by atoms with Crippen molar-refractivity contribution in [1.82, 2.24) is 9.80 Å². The number of carboxylic acids is 1. The Kier molecular flexibility index (Phi) is 6.48. The average Bonchev–Trinajstić information content (AvgIpc) is 2.35. The molecule has 19 heavy (non-hydrogen) atoms. The lowest BCUT2D eigenvalue weighted by Gasteiger charge is -2.37. The summed E-state index contributed by atoms with van der Waals surface area (Å²) in [6.45, 7) is 5.62. The summed E-state index contributed by atoms with van der Waals surface area (Å²) in [5.41, 5.74) is 0. The summed E-state index contributed by atoms with van der Waals surface area (Å²) < 4.78 is 0. The van der Waals surface area contributed by atoms with Crippen LogP contribution in [0.3, 0.4) is 0 Å². The van der Waals surface area contributed by atoms with Crippen molar-refractivity contribution < 1.29 is 14.7 Å². The van der Waals surface area contributed by atoms with E-state index in [-0.39, 0.29) is 18.5 Å². The Bertz CT molecular complexity index is 323. The zero-order chi connectivity index (χ0) is 14.4. The lowest BCUT2D eigenvalue weighted by atomic mass is 10.1. The first-order chi connectivity index (χ1) is 8.91. The van der Waals surface area contributed by atoms with Gasteiger partial charge in [-0.05, 0) is 12.3 Å². The minimum Gasteiger partial charge on any atom is -0.481 e. The highest BCUT2D eigenvalue weighted by molar-refractivity contribution is 7.99. The molecule has 1 fully saturated rings. The number of hydrogen-bond donors (Lipinski definition) is 1. The highest BCUT2D eigenvalue weighted by Crippen LogP contribution is 2.20. The Morgan fingerprint density at radius 3 is 2.74 bits per heavy atom. The van der Waals surface area contributed by atoms with E-state index in [0.717, 1.165) is 24.5 Å². The van der Waals surface area contributed by atoms with Gasteiger partial charge in [0, 0.05) is 31.6 Å². The second-order valence-electron chi connectivity index (χ2n) is 5.41. The topological polar surface area (TPSA) is 60.9 Å². The van der Waals surface area contributed by atoms with Gasteiger partial charge in [-0.1, -0.05) is 13.8 Å². The maximum Gasteiger partial charge on any atom is 0.320 e. The van der Waals surface area contributed by atoms with Gasteiger partial charge in [0.05, 0.1) is 12.5 Å². The molecule has 0 aromatic heterocycles. The molecule has 1 heterocycles. The van der Waals surface area contributed by atoms with Crippen molar-refractivity contribution in [2.75, 3.05) is 31.6 Å². The van der Waals surface area contributed by atoms with Gasteiger partial charge in [-0.25, -0.2) is 4.79 Å². The Hall–Kier alpha value is -0.910. The zero-order valence-electron chi connectivity index (χ0n) is 12.0. The van der Waals surface area contributed by atoms with E-state index < -0.39 is 5.97 Å². The van der Waals surface area contributed by atoms with Crippen molar-refractivity contribution in [1.29, 1.82) is 0 Å². The summed E-state index contributed by atoms with van der Waals surface area (Å²) in [6, 6.07) is -0.211. The molecule has 6 heteroatoms. The minimum absolute atomic E-state index is 0.0350. The van der Waals surface area contributed by atoms with Crippen LogP contribution in [0.1, 0.15) is 26.7 Å². The van der Waals surface area contributed by atoms with Gasteiger partial charge in [0.25, 0.3) is 0 Å². The largest absolute Gasteiger partial charge is 0.481 e. The van der Waals surface area contributed by atoms with Crippen molar-refractivity contribution in [2.24, 2.45) is 5.92 Å². The van der Waals surface area contributed by atoms with E-state index in [1.165, 1.54) is 0 Å². The molecule has 110 valence electrons. The van der Waals surface area contributed by atoms with Gasteiger partial charge < -0.3 is 14.9 Å². The number of amides is 2. The van der Waals surface area contributed by atoms with Crippen LogP contribution in [0.15, 0.2) is 0 Å². The van der Waals surface area contributed by atoms with Crippen LogP contribution < -0.4 is 0 Å². The minimum atomic E-state index is -0.838. The van der Waals surface area contributed by atoms with Crippen LogP contribution in [0, 0.1) is 5.92 Å². The molecule has 0 spiro atoms. The van der Waals surface area contributed by atoms with E-state index in [0.29, 0.717) is 12.5 Å². The first-order valence-electron chi connectivity index (χ1n) is 6.73. The fourth-order valence-electron chi connectivity index (χ4n) is 2.04. The second-order valence-corrected chi connectivity index (χ2v) is 6.56. The molecule has 1 rings (SSSR count). The summed E-state index contributed by atoms with van der Waals surface area (Å²) in [5, 5.41) is 8.92. The predicted octanol–water partition coefficient (Wildman–Crippen LogP) is 1.98. The van der Waals surface area contributed by atoms with E-state index in [9.17, 15) is 9.59 Å². The molecular formula is C13H24N2O3S. The summed E-state index contributed by atoms with van der Waals surface area (Å²) in [6.07, 6.45) is 1.01. The van der Waals surface area contributed by atoms with Crippen molar-refractivity contribution in [3.63, 3.8) is 0 Å². The molecule has 1 N–H and O–H groups in total. The number of aliphatic carboxylic acids is 1.